The van der Waals surface area contributed by atoms with Crippen molar-refractivity contribution in [3.8, 4) is 6.07 Å². The third kappa shape index (κ3) is 7.54. The van der Waals surface area contributed by atoms with Gasteiger partial charge in [0, 0.05) is 25.2 Å². The van der Waals surface area contributed by atoms with Gasteiger partial charge in [-0.3, -0.25) is 9.69 Å². The van der Waals surface area contributed by atoms with Crippen LogP contribution >= 0.6 is 0 Å². The fraction of sp³-hybridized carbons (Fsp3) is 0.577. The molecule has 1 unspecified atom stereocenters. The normalized spacial score (nSPS) is 21.5. The highest BCUT2D eigenvalue weighted by Gasteiger charge is 2.42. The quantitative estimate of drug-likeness (QED) is 0.248. The van der Waals surface area contributed by atoms with Crippen LogP contribution in [0.25, 0.3) is 0 Å². The molecular formula is C26H36BFN4O6. The van der Waals surface area contributed by atoms with Gasteiger partial charge in [-0.05, 0) is 63.8 Å². The molecule has 2 aliphatic rings. The lowest BCUT2D eigenvalue weighted by Crippen LogP contribution is -2.52. The molecule has 38 heavy (non-hydrogen) atoms. The highest BCUT2D eigenvalue weighted by molar-refractivity contribution is 6.43. The van der Waals surface area contributed by atoms with Crippen molar-refractivity contribution < 1.29 is 33.5 Å². The Kier molecular flexibility index (Phi) is 9.90. The number of ether oxygens (including phenoxy) is 2. The van der Waals surface area contributed by atoms with Crippen LogP contribution in [0.4, 0.5) is 9.18 Å². The second kappa shape index (κ2) is 12.7. The molecule has 0 aromatic heterocycles. The average molecular weight is 530 g/mol. The highest BCUT2D eigenvalue weighted by Crippen LogP contribution is 2.31. The number of halogens is 1. The molecule has 0 bridgehead atoms. The van der Waals surface area contributed by atoms with E-state index in [0.29, 0.717) is 51.3 Å². The van der Waals surface area contributed by atoms with Gasteiger partial charge in [-0.2, -0.15) is 5.26 Å². The largest absolute Gasteiger partial charge is 0.475 e. The number of carbonyl (C=O) groups excluding carboxylic acids is 2. The molecule has 2 aliphatic heterocycles. The molecule has 2 saturated heterocycles. The molecule has 0 radical (unpaired) electrons. The van der Waals surface area contributed by atoms with Crippen molar-refractivity contribution in [3.05, 3.63) is 47.3 Å². The van der Waals surface area contributed by atoms with Crippen LogP contribution in [0.2, 0.25) is 0 Å². The Hall–Kier alpha value is -2.98. The molecule has 206 valence electrons. The van der Waals surface area contributed by atoms with Crippen LogP contribution < -0.4 is 5.32 Å². The molecule has 0 aliphatic carbocycles. The number of nitrogens with one attached hydrogen (secondary N) is 1. The van der Waals surface area contributed by atoms with E-state index in [0.717, 1.165) is 0 Å². The molecule has 2 fully saturated rings. The molecule has 10 nitrogen and oxygen atoms in total. The van der Waals surface area contributed by atoms with E-state index in [1.165, 1.54) is 24.3 Å². The first-order valence-electron chi connectivity index (χ1n) is 12.8. The summed E-state index contributed by atoms with van der Waals surface area (Å²) in [4.78, 5) is 29.7. The van der Waals surface area contributed by atoms with Gasteiger partial charge in [0.15, 0.2) is 0 Å². The number of benzene rings is 1. The minimum atomic E-state index is -1.87. The van der Waals surface area contributed by atoms with Crippen LogP contribution in [0.5, 0.6) is 0 Å². The zero-order valence-electron chi connectivity index (χ0n) is 22.2. The molecule has 3 N–H and O–H groups in total. The van der Waals surface area contributed by atoms with Crippen LogP contribution in [-0.4, -0.2) is 95.4 Å². The van der Waals surface area contributed by atoms with E-state index in [4.69, 9.17) is 9.47 Å². The van der Waals surface area contributed by atoms with Crippen LogP contribution in [0.15, 0.2) is 35.9 Å². The second-order valence-electron chi connectivity index (χ2n) is 10.6. The van der Waals surface area contributed by atoms with E-state index >= 15 is 0 Å². The topological polar surface area (TPSA) is 135 Å². The summed E-state index contributed by atoms with van der Waals surface area (Å²) in [5, 5.41) is 31.7. The summed E-state index contributed by atoms with van der Waals surface area (Å²) in [6.07, 6.45) is 2.11. The van der Waals surface area contributed by atoms with E-state index < -0.39 is 42.0 Å². The van der Waals surface area contributed by atoms with Gasteiger partial charge in [0.25, 0.3) is 5.91 Å². The fourth-order valence-corrected chi connectivity index (χ4v) is 4.91. The third-order valence-corrected chi connectivity index (χ3v) is 7.21. The minimum absolute atomic E-state index is 0.0295. The monoisotopic (exact) mass is 530 g/mol. The number of hydrogen-bond donors (Lipinski definition) is 3. The smallest absolute Gasteiger partial charge is 0.447 e. The van der Waals surface area contributed by atoms with E-state index in [2.05, 4.69) is 16.3 Å². The molecule has 2 heterocycles. The van der Waals surface area contributed by atoms with Crippen molar-refractivity contribution in [1.29, 1.82) is 5.26 Å². The summed E-state index contributed by atoms with van der Waals surface area (Å²) in [5.41, 5.74) is -0.735. The molecule has 0 spiro atoms. The maximum Gasteiger partial charge on any atom is 0.475 e. The Morgan fingerprint density at radius 1 is 1.29 bits per heavy atom. The first kappa shape index (κ1) is 29.6. The van der Waals surface area contributed by atoms with Crippen LogP contribution in [0.1, 0.15) is 39.2 Å². The Balaban J connectivity index is 1.63. The first-order valence-corrected chi connectivity index (χ1v) is 12.8. The fourth-order valence-electron chi connectivity index (χ4n) is 4.91. The summed E-state index contributed by atoms with van der Waals surface area (Å²) >= 11 is 0. The number of hydrogen-bond acceptors (Lipinski definition) is 8. The van der Waals surface area contributed by atoms with E-state index in [1.807, 2.05) is 13.8 Å². The van der Waals surface area contributed by atoms with Crippen molar-refractivity contribution in [2.24, 2.45) is 0 Å². The summed E-state index contributed by atoms with van der Waals surface area (Å²) in [5.74, 6) is -1.93. The average Bonchev–Trinajstić information content (AvgIpc) is 3.28. The lowest BCUT2D eigenvalue weighted by molar-refractivity contribution is -0.131. The van der Waals surface area contributed by atoms with Crippen molar-refractivity contribution in [1.82, 2.24) is 15.1 Å². The predicted molar refractivity (Wildman–Crippen MR) is 138 cm³/mol. The van der Waals surface area contributed by atoms with Gasteiger partial charge < -0.3 is 29.7 Å². The van der Waals surface area contributed by atoms with Crippen molar-refractivity contribution in [2.45, 2.75) is 57.1 Å². The number of nitriles is 1. The molecule has 2 amide bonds. The first-order chi connectivity index (χ1) is 17.9. The van der Waals surface area contributed by atoms with Crippen molar-refractivity contribution >= 4 is 19.1 Å². The van der Waals surface area contributed by atoms with E-state index in [1.54, 1.807) is 17.9 Å². The molecule has 3 rings (SSSR count). The van der Waals surface area contributed by atoms with Crippen LogP contribution in [0.3, 0.4) is 0 Å². The Morgan fingerprint density at radius 2 is 1.95 bits per heavy atom. The van der Waals surface area contributed by atoms with Gasteiger partial charge in [0.2, 0.25) is 0 Å². The summed E-state index contributed by atoms with van der Waals surface area (Å²) in [7, 11) is -1.87. The summed E-state index contributed by atoms with van der Waals surface area (Å²) < 4.78 is 24.0. The lowest BCUT2D eigenvalue weighted by Gasteiger charge is -2.39. The van der Waals surface area contributed by atoms with Gasteiger partial charge in [-0.15, -0.1) is 0 Å². The summed E-state index contributed by atoms with van der Waals surface area (Å²) in [6, 6.07) is 7.52. The highest BCUT2D eigenvalue weighted by atomic mass is 19.1. The SMILES string of the molecule is CC(C)(C=C(C#N)C(=O)N1CCC[C@]1(C)COC(=O)NC(Cc1ccc(F)cc1)B(O)O)N1CCOCC1. The second-order valence-corrected chi connectivity index (χ2v) is 10.6. The summed E-state index contributed by atoms with van der Waals surface area (Å²) in [6.45, 7) is 8.57. The predicted octanol–water partition coefficient (Wildman–Crippen LogP) is 1.42. The molecule has 1 aromatic carbocycles. The number of carbonyl (C=O) groups is 2. The van der Waals surface area contributed by atoms with Crippen molar-refractivity contribution in [3.63, 3.8) is 0 Å². The van der Waals surface area contributed by atoms with Gasteiger partial charge in [0.05, 0.1) is 24.7 Å². The molecular weight excluding hydrogens is 494 g/mol. The van der Waals surface area contributed by atoms with Gasteiger partial charge >= 0.3 is 13.2 Å². The van der Waals surface area contributed by atoms with Crippen LogP contribution in [-0.2, 0) is 20.7 Å². The Labute approximate surface area is 223 Å². The molecule has 2 atom stereocenters. The van der Waals surface area contributed by atoms with E-state index in [-0.39, 0.29) is 18.6 Å². The van der Waals surface area contributed by atoms with Crippen LogP contribution in [0, 0.1) is 17.1 Å². The lowest BCUT2D eigenvalue weighted by atomic mass is 9.76. The Bertz CT molecular complexity index is 1050. The number of rotatable bonds is 9. The number of morpholine rings is 1. The minimum Gasteiger partial charge on any atom is -0.447 e. The van der Waals surface area contributed by atoms with Gasteiger partial charge in [-0.25, -0.2) is 9.18 Å². The number of nitrogens with zero attached hydrogens (tertiary/aromatic N) is 3. The standard InChI is InChI=1S/C26H36BFN4O6/c1-25(2,31-11-13-37-14-12-31)16-20(17-29)23(33)32-10-4-9-26(32,3)18-38-24(34)30-22(27(35)36)15-19-5-7-21(28)8-6-19/h5-8,16,22,35-36H,4,9-15,18H2,1-3H3,(H,30,34)/t22?,26-/m1/s1. The zero-order valence-corrected chi connectivity index (χ0v) is 22.2. The number of amides is 2. The molecule has 1 aromatic rings. The number of likely N-dealkylation sites (tertiary alicyclic amines) is 1. The maximum atomic E-state index is 13.4. The van der Waals surface area contributed by atoms with Gasteiger partial charge in [-0.1, -0.05) is 12.1 Å². The number of alkyl carbamates (subject to hydrolysis) is 1. The maximum absolute atomic E-state index is 13.4. The third-order valence-electron chi connectivity index (χ3n) is 7.21. The molecule has 0 saturated carbocycles. The van der Waals surface area contributed by atoms with E-state index in [9.17, 15) is 29.3 Å². The van der Waals surface area contributed by atoms with Crippen molar-refractivity contribution in [2.75, 3.05) is 39.5 Å². The van der Waals surface area contributed by atoms with Gasteiger partial charge in [0.1, 0.15) is 24.1 Å². The zero-order chi connectivity index (χ0) is 27.9. The Morgan fingerprint density at radius 3 is 2.55 bits per heavy atom. The molecule has 12 heteroatoms.